The Morgan fingerprint density at radius 3 is 2.64 bits per heavy atom. The zero-order chi connectivity index (χ0) is 17.6. The molecule has 0 aliphatic carbocycles. The van der Waals surface area contributed by atoms with Gasteiger partial charge in [-0.15, -0.1) is 0 Å². The van der Waals surface area contributed by atoms with Crippen molar-refractivity contribution >= 4 is 17.3 Å². The third-order valence-electron chi connectivity index (χ3n) is 4.06. The van der Waals surface area contributed by atoms with Gasteiger partial charge in [0.25, 0.3) is 5.91 Å². The van der Waals surface area contributed by atoms with E-state index in [4.69, 9.17) is 0 Å². The SMILES string of the molecule is Cc1cccc(Nc2ccc(C(=O)NCc3cccnc3)nc2)c1C. The van der Waals surface area contributed by atoms with Gasteiger partial charge in [0, 0.05) is 24.6 Å². The van der Waals surface area contributed by atoms with E-state index in [1.807, 2.05) is 30.3 Å². The van der Waals surface area contributed by atoms with Crippen molar-refractivity contribution in [2.24, 2.45) is 0 Å². The molecule has 0 saturated carbocycles. The quantitative estimate of drug-likeness (QED) is 0.746. The van der Waals surface area contributed by atoms with Crippen LogP contribution >= 0.6 is 0 Å². The fourth-order valence-corrected chi connectivity index (χ4v) is 2.42. The Labute approximate surface area is 147 Å². The normalized spacial score (nSPS) is 10.3. The highest BCUT2D eigenvalue weighted by molar-refractivity contribution is 5.92. The third-order valence-corrected chi connectivity index (χ3v) is 4.06. The largest absolute Gasteiger partial charge is 0.354 e. The fourth-order valence-electron chi connectivity index (χ4n) is 2.42. The lowest BCUT2D eigenvalue weighted by atomic mass is 10.1. The molecule has 126 valence electrons. The van der Waals surface area contributed by atoms with E-state index in [9.17, 15) is 4.79 Å². The second kappa shape index (κ2) is 7.57. The smallest absolute Gasteiger partial charge is 0.270 e. The van der Waals surface area contributed by atoms with Crippen LogP contribution < -0.4 is 10.6 Å². The van der Waals surface area contributed by atoms with E-state index in [1.54, 1.807) is 24.7 Å². The number of hydrogen-bond donors (Lipinski definition) is 2. The number of anilines is 2. The van der Waals surface area contributed by atoms with Gasteiger partial charge in [-0.3, -0.25) is 9.78 Å². The second-order valence-electron chi connectivity index (χ2n) is 5.85. The Morgan fingerprint density at radius 2 is 1.92 bits per heavy atom. The lowest BCUT2D eigenvalue weighted by Gasteiger charge is -2.11. The van der Waals surface area contributed by atoms with Crippen LogP contribution in [0, 0.1) is 13.8 Å². The van der Waals surface area contributed by atoms with E-state index in [2.05, 4.69) is 40.5 Å². The van der Waals surface area contributed by atoms with Gasteiger partial charge in [-0.05, 0) is 54.8 Å². The molecule has 0 fully saturated rings. The van der Waals surface area contributed by atoms with Gasteiger partial charge in [-0.25, -0.2) is 4.98 Å². The van der Waals surface area contributed by atoms with Gasteiger partial charge in [0.15, 0.2) is 0 Å². The minimum atomic E-state index is -0.206. The van der Waals surface area contributed by atoms with Gasteiger partial charge in [0.1, 0.15) is 5.69 Å². The van der Waals surface area contributed by atoms with E-state index in [0.717, 1.165) is 16.9 Å². The van der Waals surface area contributed by atoms with Crippen LogP contribution in [0.4, 0.5) is 11.4 Å². The summed E-state index contributed by atoms with van der Waals surface area (Å²) in [5.41, 5.74) is 5.64. The maximum atomic E-state index is 12.2. The molecule has 0 radical (unpaired) electrons. The topological polar surface area (TPSA) is 66.9 Å². The summed E-state index contributed by atoms with van der Waals surface area (Å²) in [5.74, 6) is -0.206. The van der Waals surface area contributed by atoms with Crippen LogP contribution in [-0.4, -0.2) is 15.9 Å². The summed E-state index contributed by atoms with van der Waals surface area (Å²) < 4.78 is 0. The van der Waals surface area contributed by atoms with Crippen molar-refractivity contribution in [3.05, 3.63) is 83.4 Å². The van der Waals surface area contributed by atoms with Crippen LogP contribution in [0.5, 0.6) is 0 Å². The Hall–Kier alpha value is -3.21. The molecule has 0 bridgehead atoms. The lowest BCUT2D eigenvalue weighted by Crippen LogP contribution is -2.23. The predicted octanol–water partition coefficient (Wildman–Crippen LogP) is 3.77. The molecule has 5 nitrogen and oxygen atoms in total. The van der Waals surface area contributed by atoms with E-state index in [1.165, 1.54) is 11.1 Å². The number of carbonyl (C=O) groups is 1. The van der Waals surface area contributed by atoms with Crippen LogP contribution in [0.3, 0.4) is 0 Å². The molecule has 0 aliphatic rings. The highest BCUT2D eigenvalue weighted by atomic mass is 16.1. The Kier molecular flexibility index (Phi) is 5.04. The molecule has 0 unspecified atom stereocenters. The predicted molar refractivity (Wildman–Crippen MR) is 98.8 cm³/mol. The molecule has 2 aromatic heterocycles. The maximum Gasteiger partial charge on any atom is 0.270 e. The number of benzene rings is 1. The maximum absolute atomic E-state index is 12.2. The molecule has 0 atom stereocenters. The molecular formula is C20H20N4O. The van der Waals surface area contributed by atoms with Crippen LogP contribution in [0.15, 0.2) is 61.1 Å². The Morgan fingerprint density at radius 1 is 1.04 bits per heavy atom. The number of aryl methyl sites for hydroxylation is 1. The molecule has 1 amide bonds. The first-order valence-electron chi connectivity index (χ1n) is 8.10. The highest BCUT2D eigenvalue weighted by Gasteiger charge is 2.07. The number of aromatic nitrogens is 2. The highest BCUT2D eigenvalue weighted by Crippen LogP contribution is 2.22. The molecule has 3 aromatic rings. The van der Waals surface area contributed by atoms with Gasteiger partial charge < -0.3 is 10.6 Å². The van der Waals surface area contributed by atoms with Gasteiger partial charge in [-0.2, -0.15) is 0 Å². The van der Waals surface area contributed by atoms with E-state index in [-0.39, 0.29) is 5.91 Å². The fraction of sp³-hybridized carbons (Fsp3) is 0.150. The van der Waals surface area contributed by atoms with Crippen molar-refractivity contribution in [3.8, 4) is 0 Å². The lowest BCUT2D eigenvalue weighted by molar-refractivity contribution is 0.0946. The first-order chi connectivity index (χ1) is 12.1. The molecule has 0 saturated heterocycles. The molecule has 0 spiro atoms. The summed E-state index contributed by atoms with van der Waals surface area (Å²) >= 11 is 0. The third kappa shape index (κ3) is 4.20. The summed E-state index contributed by atoms with van der Waals surface area (Å²) in [4.78, 5) is 20.4. The molecule has 1 aromatic carbocycles. The number of amides is 1. The van der Waals surface area contributed by atoms with E-state index >= 15 is 0 Å². The average Bonchev–Trinajstić information content (AvgIpc) is 2.65. The van der Waals surface area contributed by atoms with Crippen molar-refractivity contribution in [1.29, 1.82) is 0 Å². The van der Waals surface area contributed by atoms with Crippen molar-refractivity contribution < 1.29 is 4.79 Å². The summed E-state index contributed by atoms with van der Waals surface area (Å²) in [7, 11) is 0. The second-order valence-corrected chi connectivity index (χ2v) is 5.85. The van der Waals surface area contributed by atoms with Gasteiger partial charge in [0.05, 0.1) is 11.9 Å². The van der Waals surface area contributed by atoms with Gasteiger partial charge in [-0.1, -0.05) is 18.2 Å². The molecule has 0 aliphatic heterocycles. The van der Waals surface area contributed by atoms with Crippen LogP contribution in [-0.2, 0) is 6.54 Å². The average molecular weight is 332 g/mol. The molecule has 3 rings (SSSR count). The number of pyridine rings is 2. The summed E-state index contributed by atoms with van der Waals surface area (Å²) in [6.45, 7) is 4.58. The zero-order valence-corrected chi connectivity index (χ0v) is 14.3. The van der Waals surface area contributed by atoms with Crippen molar-refractivity contribution in [1.82, 2.24) is 15.3 Å². The van der Waals surface area contributed by atoms with Crippen molar-refractivity contribution in [3.63, 3.8) is 0 Å². The zero-order valence-electron chi connectivity index (χ0n) is 14.3. The molecule has 2 N–H and O–H groups in total. The number of rotatable bonds is 5. The monoisotopic (exact) mass is 332 g/mol. The first kappa shape index (κ1) is 16.6. The number of nitrogens with zero attached hydrogens (tertiary/aromatic N) is 2. The minimum Gasteiger partial charge on any atom is -0.354 e. The summed E-state index contributed by atoms with van der Waals surface area (Å²) in [6.07, 6.45) is 5.10. The summed E-state index contributed by atoms with van der Waals surface area (Å²) in [6, 6.07) is 13.4. The number of carbonyl (C=O) groups excluding carboxylic acids is 1. The van der Waals surface area contributed by atoms with Crippen LogP contribution in [0.25, 0.3) is 0 Å². The standard InChI is InChI=1S/C20H20N4O/c1-14-5-3-7-18(15(14)2)24-17-8-9-19(22-13-17)20(25)23-12-16-6-4-10-21-11-16/h3-11,13,24H,12H2,1-2H3,(H,23,25). The number of hydrogen-bond acceptors (Lipinski definition) is 4. The van der Waals surface area contributed by atoms with Crippen LogP contribution in [0.2, 0.25) is 0 Å². The molecular weight excluding hydrogens is 312 g/mol. The first-order valence-corrected chi connectivity index (χ1v) is 8.10. The van der Waals surface area contributed by atoms with Gasteiger partial charge >= 0.3 is 0 Å². The van der Waals surface area contributed by atoms with Gasteiger partial charge in [0.2, 0.25) is 0 Å². The van der Waals surface area contributed by atoms with E-state index in [0.29, 0.717) is 12.2 Å². The minimum absolute atomic E-state index is 0.206. The molecule has 2 heterocycles. The van der Waals surface area contributed by atoms with Crippen molar-refractivity contribution in [2.75, 3.05) is 5.32 Å². The Balaban J connectivity index is 1.63. The van der Waals surface area contributed by atoms with E-state index < -0.39 is 0 Å². The molecule has 25 heavy (non-hydrogen) atoms. The Bertz CT molecular complexity index is 861. The van der Waals surface area contributed by atoms with Crippen molar-refractivity contribution in [2.45, 2.75) is 20.4 Å². The number of nitrogens with one attached hydrogen (secondary N) is 2. The summed E-state index contributed by atoms with van der Waals surface area (Å²) in [5, 5.41) is 6.17. The molecule has 5 heteroatoms. The van der Waals surface area contributed by atoms with Crippen LogP contribution in [0.1, 0.15) is 27.2 Å².